The van der Waals surface area contributed by atoms with Crippen LogP contribution in [0.2, 0.25) is 0 Å². The molecule has 0 aliphatic carbocycles. The lowest BCUT2D eigenvalue weighted by molar-refractivity contribution is -0.131. The van der Waals surface area contributed by atoms with E-state index < -0.39 is 6.23 Å². The monoisotopic (exact) mass is 203 g/mol. The molecule has 0 aromatic rings. The van der Waals surface area contributed by atoms with E-state index in [4.69, 9.17) is 0 Å². The van der Waals surface area contributed by atoms with E-state index in [0.717, 1.165) is 0 Å². The fraction of sp³-hybridized carbons (Fsp3) is 0.889. The molecule has 1 aliphatic heterocycles. The number of aliphatic hydroxyl groups is 1. The third-order valence-electron chi connectivity index (χ3n) is 2.00. The molecule has 1 rings (SSSR count). The second-order valence-corrected chi connectivity index (χ2v) is 6.46. The molecule has 76 valence electrons. The average Bonchev–Trinajstić information content (AvgIpc) is 2.15. The van der Waals surface area contributed by atoms with Crippen LogP contribution in [0.15, 0.2) is 0 Å². The molecule has 1 saturated heterocycles. The summed E-state index contributed by atoms with van der Waals surface area (Å²) in [5, 5.41) is 9.70. The summed E-state index contributed by atoms with van der Waals surface area (Å²) in [5.74, 6) is 0.0363. The van der Waals surface area contributed by atoms with Crippen LogP contribution >= 0.6 is 11.8 Å². The Labute approximate surface area is 83.5 Å². The van der Waals surface area contributed by atoms with Gasteiger partial charge >= 0.3 is 0 Å². The van der Waals surface area contributed by atoms with E-state index >= 15 is 0 Å². The number of amides is 1. The minimum atomic E-state index is -0.614. The van der Waals surface area contributed by atoms with Gasteiger partial charge in [0.05, 0.1) is 5.25 Å². The Kier molecular flexibility index (Phi) is 2.92. The minimum absolute atomic E-state index is 0.0255. The lowest BCUT2D eigenvalue weighted by atomic mass is 10.3. The maximum Gasteiger partial charge on any atom is 0.225 e. The molecule has 0 spiro atoms. The Hall–Kier alpha value is -0.220. The largest absolute Gasteiger partial charge is 0.372 e. The van der Waals surface area contributed by atoms with Gasteiger partial charge in [-0.2, -0.15) is 0 Å². The van der Waals surface area contributed by atoms with Gasteiger partial charge in [-0.1, -0.05) is 20.8 Å². The maximum absolute atomic E-state index is 11.2. The lowest BCUT2D eigenvalue weighted by Crippen LogP contribution is -2.33. The lowest BCUT2D eigenvalue weighted by Gasteiger charge is -2.25. The van der Waals surface area contributed by atoms with Crippen LogP contribution in [0.5, 0.6) is 0 Å². The van der Waals surface area contributed by atoms with Crippen molar-refractivity contribution in [3.05, 3.63) is 0 Å². The van der Waals surface area contributed by atoms with E-state index in [1.807, 2.05) is 0 Å². The van der Waals surface area contributed by atoms with Gasteiger partial charge in [0, 0.05) is 18.2 Å². The number of aliphatic hydroxyl groups excluding tert-OH is 1. The zero-order chi connectivity index (χ0) is 10.2. The van der Waals surface area contributed by atoms with Crippen molar-refractivity contribution >= 4 is 17.7 Å². The van der Waals surface area contributed by atoms with Crippen LogP contribution in [-0.4, -0.2) is 39.2 Å². The molecule has 0 aromatic heterocycles. The molecule has 3 nitrogen and oxygen atoms in total. The van der Waals surface area contributed by atoms with E-state index in [-0.39, 0.29) is 15.9 Å². The Morgan fingerprint density at radius 2 is 2.08 bits per heavy atom. The van der Waals surface area contributed by atoms with Crippen LogP contribution in [0.25, 0.3) is 0 Å². The summed E-state index contributed by atoms with van der Waals surface area (Å²) in [5.41, 5.74) is 0. The fourth-order valence-electron chi connectivity index (χ4n) is 1.38. The predicted octanol–water partition coefficient (Wildman–Crippen LogP) is 1.07. The second kappa shape index (κ2) is 3.50. The van der Waals surface area contributed by atoms with Crippen molar-refractivity contribution in [3.8, 4) is 0 Å². The molecule has 1 heterocycles. The summed E-state index contributed by atoms with van der Waals surface area (Å²) >= 11 is 1.67. The van der Waals surface area contributed by atoms with Crippen LogP contribution in [-0.2, 0) is 4.79 Å². The highest BCUT2D eigenvalue weighted by molar-refractivity contribution is 8.01. The van der Waals surface area contributed by atoms with Gasteiger partial charge < -0.3 is 10.0 Å². The predicted molar refractivity (Wildman–Crippen MR) is 54.5 cm³/mol. The molecule has 1 aliphatic rings. The molecule has 13 heavy (non-hydrogen) atoms. The molecule has 1 amide bonds. The summed E-state index contributed by atoms with van der Waals surface area (Å²) < 4.78 is 0.0944. The van der Waals surface area contributed by atoms with E-state index in [2.05, 4.69) is 20.8 Å². The first kappa shape index (κ1) is 10.9. The van der Waals surface area contributed by atoms with Crippen molar-refractivity contribution in [1.29, 1.82) is 0 Å². The second-order valence-electron chi connectivity index (χ2n) is 4.39. The first-order chi connectivity index (χ1) is 5.81. The molecule has 0 aromatic carbocycles. The average molecular weight is 203 g/mol. The van der Waals surface area contributed by atoms with Crippen molar-refractivity contribution < 1.29 is 9.90 Å². The van der Waals surface area contributed by atoms with Gasteiger partial charge in [0.15, 0.2) is 0 Å². The molecule has 2 atom stereocenters. The van der Waals surface area contributed by atoms with Crippen LogP contribution in [0.3, 0.4) is 0 Å². The maximum atomic E-state index is 11.2. The minimum Gasteiger partial charge on any atom is -0.372 e. The summed E-state index contributed by atoms with van der Waals surface area (Å²) in [6.45, 7) is 6.27. The third kappa shape index (κ3) is 2.61. The van der Waals surface area contributed by atoms with E-state index in [1.165, 1.54) is 4.90 Å². The molecule has 0 bridgehead atoms. The van der Waals surface area contributed by atoms with E-state index in [9.17, 15) is 9.90 Å². The number of carbonyl (C=O) groups is 1. The normalized spacial score (nSPS) is 29.9. The van der Waals surface area contributed by atoms with Gasteiger partial charge in [0.2, 0.25) is 5.91 Å². The third-order valence-corrected chi connectivity index (χ3v) is 3.42. The number of likely N-dealkylation sites (tertiary alicyclic amines) is 1. The van der Waals surface area contributed by atoms with Crippen molar-refractivity contribution in [3.63, 3.8) is 0 Å². The summed E-state index contributed by atoms with van der Waals surface area (Å²) in [4.78, 5) is 12.7. The van der Waals surface area contributed by atoms with Gasteiger partial charge in [-0.15, -0.1) is 11.8 Å². The zero-order valence-electron chi connectivity index (χ0n) is 8.57. The van der Waals surface area contributed by atoms with E-state index in [0.29, 0.717) is 6.42 Å². The summed E-state index contributed by atoms with van der Waals surface area (Å²) in [6.07, 6.45) is -0.156. The van der Waals surface area contributed by atoms with E-state index in [1.54, 1.807) is 18.8 Å². The Balaban J connectivity index is 2.59. The molecule has 2 unspecified atom stereocenters. The van der Waals surface area contributed by atoms with Gasteiger partial charge in [-0.3, -0.25) is 4.79 Å². The number of rotatable bonds is 1. The number of hydrogen-bond acceptors (Lipinski definition) is 3. The number of thioether (sulfide) groups is 1. The van der Waals surface area contributed by atoms with Gasteiger partial charge in [-0.25, -0.2) is 0 Å². The summed E-state index contributed by atoms with van der Waals surface area (Å²) in [6, 6.07) is 0. The van der Waals surface area contributed by atoms with Gasteiger partial charge in [0.25, 0.3) is 0 Å². The zero-order valence-corrected chi connectivity index (χ0v) is 9.39. The molecular formula is C9H17NO2S. The number of nitrogens with zero attached hydrogens (tertiary/aromatic N) is 1. The standard InChI is InChI=1S/C9H17NO2S/c1-9(2,3)13-6-5-7(11)10(4)8(6)12/h6,8,12H,5H2,1-4H3. The highest BCUT2D eigenvalue weighted by Gasteiger charge is 2.38. The van der Waals surface area contributed by atoms with Gasteiger partial charge in [-0.05, 0) is 0 Å². The number of hydrogen-bond donors (Lipinski definition) is 1. The topological polar surface area (TPSA) is 40.5 Å². The SMILES string of the molecule is CN1C(=O)CC(SC(C)(C)C)C1O. The van der Waals surface area contributed by atoms with Crippen molar-refractivity contribution in [1.82, 2.24) is 4.90 Å². The molecular weight excluding hydrogens is 186 g/mol. The van der Waals surface area contributed by atoms with Crippen molar-refractivity contribution in [2.45, 2.75) is 43.4 Å². The molecule has 4 heteroatoms. The number of carbonyl (C=O) groups excluding carboxylic acids is 1. The molecule has 1 N–H and O–H groups in total. The quantitative estimate of drug-likeness (QED) is 0.693. The Morgan fingerprint density at radius 3 is 2.38 bits per heavy atom. The van der Waals surface area contributed by atoms with Crippen LogP contribution < -0.4 is 0 Å². The first-order valence-electron chi connectivity index (χ1n) is 4.43. The summed E-state index contributed by atoms with van der Waals surface area (Å²) in [7, 11) is 1.65. The smallest absolute Gasteiger partial charge is 0.225 e. The molecule has 1 fully saturated rings. The van der Waals surface area contributed by atoms with Crippen LogP contribution in [0.1, 0.15) is 27.2 Å². The fourth-order valence-corrected chi connectivity index (χ4v) is 2.81. The molecule has 0 radical (unpaired) electrons. The van der Waals surface area contributed by atoms with Crippen LogP contribution in [0, 0.1) is 0 Å². The highest BCUT2D eigenvalue weighted by Crippen LogP contribution is 2.35. The highest BCUT2D eigenvalue weighted by atomic mass is 32.2. The van der Waals surface area contributed by atoms with Crippen molar-refractivity contribution in [2.24, 2.45) is 0 Å². The molecule has 0 saturated carbocycles. The van der Waals surface area contributed by atoms with Gasteiger partial charge in [0.1, 0.15) is 6.23 Å². The Morgan fingerprint density at radius 1 is 1.54 bits per heavy atom. The van der Waals surface area contributed by atoms with Crippen LogP contribution in [0.4, 0.5) is 0 Å². The Bertz CT molecular complexity index is 212. The first-order valence-corrected chi connectivity index (χ1v) is 5.31. The van der Waals surface area contributed by atoms with Crippen molar-refractivity contribution in [2.75, 3.05) is 7.05 Å².